The number of fused-ring (bicyclic) bond motifs is 1. The maximum absolute atomic E-state index is 9.37. The lowest BCUT2D eigenvalue weighted by Crippen LogP contribution is -1.87. The van der Waals surface area contributed by atoms with Crippen molar-refractivity contribution in [1.29, 1.82) is 0 Å². The number of pyridine rings is 1. The molecule has 0 bridgehead atoms. The second kappa shape index (κ2) is 2.60. The van der Waals surface area contributed by atoms with Crippen LogP contribution in [0.15, 0.2) is 24.7 Å². The first-order chi connectivity index (χ1) is 5.79. The minimum atomic E-state index is -0.429. The zero-order valence-electron chi connectivity index (χ0n) is 6.78. The van der Waals surface area contributed by atoms with Crippen molar-refractivity contribution in [2.45, 2.75) is 13.0 Å². The maximum Gasteiger partial charge on any atom is 0.0782 e. The van der Waals surface area contributed by atoms with Crippen LogP contribution in [0.4, 0.5) is 0 Å². The molecule has 0 saturated heterocycles. The van der Waals surface area contributed by atoms with Gasteiger partial charge in [0.2, 0.25) is 0 Å². The summed E-state index contributed by atoms with van der Waals surface area (Å²) < 4.78 is 0. The third-order valence-corrected chi connectivity index (χ3v) is 1.97. The van der Waals surface area contributed by atoms with Crippen LogP contribution in [-0.2, 0) is 0 Å². The number of nitrogens with zero attached hydrogens (tertiary/aromatic N) is 1. The largest absolute Gasteiger partial charge is 0.389 e. The first-order valence-electron chi connectivity index (χ1n) is 3.88. The van der Waals surface area contributed by atoms with E-state index in [0.717, 1.165) is 16.5 Å². The summed E-state index contributed by atoms with van der Waals surface area (Å²) in [6.45, 7) is 1.75. The van der Waals surface area contributed by atoms with Crippen LogP contribution < -0.4 is 0 Å². The Morgan fingerprint density at radius 2 is 2.42 bits per heavy atom. The number of aromatic amines is 1. The molecule has 0 radical (unpaired) electrons. The summed E-state index contributed by atoms with van der Waals surface area (Å²) >= 11 is 0. The van der Waals surface area contributed by atoms with E-state index in [4.69, 9.17) is 0 Å². The number of hydrogen-bond acceptors (Lipinski definition) is 2. The number of aliphatic hydroxyl groups excluding tert-OH is 1. The van der Waals surface area contributed by atoms with Gasteiger partial charge in [-0.3, -0.25) is 4.98 Å². The predicted octanol–water partition coefficient (Wildman–Crippen LogP) is 1.62. The van der Waals surface area contributed by atoms with Crippen molar-refractivity contribution in [3.8, 4) is 0 Å². The van der Waals surface area contributed by atoms with Crippen molar-refractivity contribution in [2.75, 3.05) is 0 Å². The fourth-order valence-corrected chi connectivity index (χ4v) is 1.34. The van der Waals surface area contributed by atoms with Gasteiger partial charge in [0, 0.05) is 23.3 Å². The number of hydrogen-bond donors (Lipinski definition) is 2. The molecule has 62 valence electrons. The van der Waals surface area contributed by atoms with Gasteiger partial charge >= 0.3 is 0 Å². The molecule has 2 N–H and O–H groups in total. The van der Waals surface area contributed by atoms with Gasteiger partial charge in [-0.1, -0.05) is 0 Å². The highest BCUT2D eigenvalue weighted by Gasteiger charge is 2.06. The van der Waals surface area contributed by atoms with E-state index < -0.39 is 6.10 Å². The molecule has 0 fully saturated rings. The van der Waals surface area contributed by atoms with E-state index in [9.17, 15) is 5.11 Å². The molecular weight excluding hydrogens is 152 g/mol. The third-order valence-electron chi connectivity index (χ3n) is 1.97. The molecule has 12 heavy (non-hydrogen) atoms. The molecule has 2 aromatic heterocycles. The molecule has 2 rings (SSSR count). The third kappa shape index (κ3) is 0.987. The highest BCUT2D eigenvalue weighted by Crippen LogP contribution is 2.22. The Balaban J connectivity index is 2.70. The van der Waals surface area contributed by atoms with Crippen LogP contribution in [0.25, 0.3) is 10.9 Å². The minimum Gasteiger partial charge on any atom is -0.389 e. The summed E-state index contributed by atoms with van der Waals surface area (Å²) in [4.78, 5) is 7.02. The van der Waals surface area contributed by atoms with Gasteiger partial charge in [-0.05, 0) is 13.0 Å². The van der Waals surface area contributed by atoms with Gasteiger partial charge in [-0.25, -0.2) is 0 Å². The maximum atomic E-state index is 9.37. The average molecular weight is 162 g/mol. The van der Waals surface area contributed by atoms with Crippen LogP contribution in [0.2, 0.25) is 0 Å². The van der Waals surface area contributed by atoms with E-state index in [1.54, 1.807) is 19.3 Å². The lowest BCUT2D eigenvalue weighted by molar-refractivity contribution is 0.201. The minimum absolute atomic E-state index is 0.429. The molecule has 1 atom stereocenters. The fourth-order valence-electron chi connectivity index (χ4n) is 1.34. The van der Waals surface area contributed by atoms with Crippen molar-refractivity contribution in [3.63, 3.8) is 0 Å². The van der Waals surface area contributed by atoms with Crippen molar-refractivity contribution in [1.82, 2.24) is 9.97 Å². The Morgan fingerprint density at radius 1 is 1.58 bits per heavy atom. The van der Waals surface area contributed by atoms with Crippen molar-refractivity contribution >= 4 is 10.9 Å². The zero-order valence-corrected chi connectivity index (χ0v) is 6.78. The molecule has 0 aliphatic rings. The molecule has 0 aliphatic heterocycles. The number of H-pyrrole nitrogens is 1. The van der Waals surface area contributed by atoms with E-state index >= 15 is 0 Å². The van der Waals surface area contributed by atoms with Gasteiger partial charge in [0.05, 0.1) is 17.8 Å². The van der Waals surface area contributed by atoms with E-state index in [2.05, 4.69) is 9.97 Å². The number of rotatable bonds is 1. The monoisotopic (exact) mass is 162 g/mol. The molecule has 0 aromatic carbocycles. The quantitative estimate of drug-likeness (QED) is 0.669. The lowest BCUT2D eigenvalue weighted by Gasteiger charge is -1.99. The molecule has 0 spiro atoms. The second-order valence-corrected chi connectivity index (χ2v) is 2.84. The molecule has 3 nitrogen and oxygen atoms in total. The standard InChI is InChI=1S/C9H10N2O/c1-6(12)8-4-11-9-5-10-3-2-7(8)9/h2-6,11-12H,1H3. The van der Waals surface area contributed by atoms with Crippen LogP contribution in [0.1, 0.15) is 18.6 Å². The number of nitrogens with one attached hydrogen (secondary N) is 1. The molecule has 2 aromatic rings. The highest BCUT2D eigenvalue weighted by molar-refractivity contribution is 5.82. The molecule has 0 aliphatic carbocycles. The smallest absolute Gasteiger partial charge is 0.0782 e. The summed E-state index contributed by atoms with van der Waals surface area (Å²) in [5.74, 6) is 0. The van der Waals surface area contributed by atoms with Crippen molar-refractivity contribution in [3.05, 3.63) is 30.2 Å². The van der Waals surface area contributed by atoms with Crippen molar-refractivity contribution < 1.29 is 5.11 Å². The summed E-state index contributed by atoms with van der Waals surface area (Å²) in [7, 11) is 0. The van der Waals surface area contributed by atoms with Gasteiger partial charge in [0.1, 0.15) is 0 Å². The summed E-state index contributed by atoms with van der Waals surface area (Å²) in [6.07, 6.45) is 4.86. The van der Waals surface area contributed by atoms with Crippen LogP contribution in [-0.4, -0.2) is 15.1 Å². The molecule has 0 saturated carbocycles. The SMILES string of the molecule is CC(O)c1c[nH]c2cnccc12. The zero-order chi connectivity index (χ0) is 8.55. The van der Waals surface area contributed by atoms with Gasteiger partial charge in [0.15, 0.2) is 0 Å². The molecule has 1 unspecified atom stereocenters. The van der Waals surface area contributed by atoms with E-state index in [1.807, 2.05) is 12.3 Å². The van der Waals surface area contributed by atoms with E-state index in [-0.39, 0.29) is 0 Å². The van der Waals surface area contributed by atoms with Gasteiger partial charge in [0.25, 0.3) is 0 Å². The number of aliphatic hydroxyl groups is 1. The highest BCUT2D eigenvalue weighted by atomic mass is 16.3. The molecule has 3 heteroatoms. The molecular formula is C9H10N2O. The Bertz CT molecular complexity index is 392. The predicted molar refractivity (Wildman–Crippen MR) is 46.7 cm³/mol. The Morgan fingerprint density at radius 3 is 3.17 bits per heavy atom. The van der Waals surface area contributed by atoms with Gasteiger partial charge in [-0.15, -0.1) is 0 Å². The van der Waals surface area contributed by atoms with Gasteiger partial charge < -0.3 is 10.1 Å². The summed E-state index contributed by atoms with van der Waals surface area (Å²) in [5, 5.41) is 10.4. The van der Waals surface area contributed by atoms with Crippen LogP contribution in [0.3, 0.4) is 0 Å². The lowest BCUT2D eigenvalue weighted by atomic mass is 10.1. The average Bonchev–Trinajstić information content (AvgIpc) is 2.47. The Labute approximate surface area is 70.1 Å². The van der Waals surface area contributed by atoms with Crippen LogP contribution in [0, 0.1) is 0 Å². The van der Waals surface area contributed by atoms with Crippen molar-refractivity contribution in [2.24, 2.45) is 0 Å². The normalized spacial score (nSPS) is 13.5. The topological polar surface area (TPSA) is 48.9 Å². The Kier molecular flexibility index (Phi) is 1.59. The first kappa shape index (κ1) is 7.31. The van der Waals surface area contributed by atoms with E-state index in [1.165, 1.54) is 0 Å². The van der Waals surface area contributed by atoms with Crippen LogP contribution in [0.5, 0.6) is 0 Å². The summed E-state index contributed by atoms with van der Waals surface area (Å²) in [5.41, 5.74) is 1.89. The van der Waals surface area contributed by atoms with Gasteiger partial charge in [-0.2, -0.15) is 0 Å². The van der Waals surface area contributed by atoms with E-state index in [0.29, 0.717) is 0 Å². The summed E-state index contributed by atoms with van der Waals surface area (Å²) in [6, 6.07) is 1.90. The second-order valence-electron chi connectivity index (χ2n) is 2.84. The number of aromatic nitrogens is 2. The first-order valence-corrected chi connectivity index (χ1v) is 3.88. The Hall–Kier alpha value is -1.35. The molecule has 2 heterocycles. The molecule has 0 amide bonds. The van der Waals surface area contributed by atoms with Crippen LogP contribution >= 0.6 is 0 Å². The fraction of sp³-hybridized carbons (Fsp3) is 0.222.